The summed E-state index contributed by atoms with van der Waals surface area (Å²) >= 11 is 0. The third kappa shape index (κ3) is 0.897. The molecule has 1 N–H and O–H groups in total. The van der Waals surface area contributed by atoms with Crippen molar-refractivity contribution in [1.82, 2.24) is 4.98 Å². The van der Waals surface area contributed by atoms with Gasteiger partial charge in [-0.15, -0.1) is 0 Å². The van der Waals surface area contributed by atoms with E-state index in [9.17, 15) is 0 Å². The summed E-state index contributed by atoms with van der Waals surface area (Å²) in [5.74, 6) is 0. The van der Waals surface area contributed by atoms with Gasteiger partial charge in [-0.1, -0.05) is 0 Å². The lowest BCUT2D eigenvalue weighted by Crippen LogP contribution is -1.94. The van der Waals surface area contributed by atoms with Crippen molar-refractivity contribution in [1.29, 1.82) is 0 Å². The molecule has 1 aliphatic rings. The first-order chi connectivity index (χ1) is 5.29. The Morgan fingerprint density at radius 2 is 2.27 bits per heavy atom. The molecule has 2 rings (SSSR count). The van der Waals surface area contributed by atoms with Crippen LogP contribution in [0.25, 0.3) is 0 Å². The average Bonchev–Trinajstić information content (AvgIpc) is 2.45. The smallest absolute Gasteiger partial charge is 0.0606 e. The van der Waals surface area contributed by atoms with Gasteiger partial charge in [0, 0.05) is 12.7 Å². The van der Waals surface area contributed by atoms with Gasteiger partial charge in [-0.25, -0.2) is 0 Å². The molecule has 2 heteroatoms. The van der Waals surface area contributed by atoms with Gasteiger partial charge in [0.2, 0.25) is 0 Å². The van der Waals surface area contributed by atoms with E-state index in [-0.39, 0.29) is 0 Å². The molecule has 0 saturated heterocycles. The van der Waals surface area contributed by atoms with Gasteiger partial charge in [0.15, 0.2) is 0 Å². The predicted octanol–water partition coefficient (Wildman–Crippen LogP) is 1.67. The number of fused-ring (bicyclic) bond motifs is 1. The maximum Gasteiger partial charge on any atom is 0.0606 e. The minimum atomic E-state index is 1.07. The number of hydrogen-bond acceptors (Lipinski definition) is 2. The van der Waals surface area contributed by atoms with E-state index in [4.69, 9.17) is 0 Å². The molecule has 0 aromatic carbocycles. The normalized spacial score (nSPS) is 14.4. The average molecular weight is 148 g/mol. The molecule has 58 valence electrons. The maximum absolute atomic E-state index is 4.29. The lowest BCUT2D eigenvalue weighted by Gasteiger charge is -2.04. The second kappa shape index (κ2) is 2.22. The minimum absolute atomic E-state index is 1.07. The van der Waals surface area contributed by atoms with Crippen LogP contribution in [0.1, 0.15) is 16.8 Å². The van der Waals surface area contributed by atoms with Gasteiger partial charge in [0.05, 0.1) is 11.4 Å². The fourth-order valence-corrected chi connectivity index (χ4v) is 1.62. The molecule has 0 bridgehead atoms. The van der Waals surface area contributed by atoms with Crippen molar-refractivity contribution >= 4 is 5.69 Å². The first-order valence-corrected chi connectivity index (χ1v) is 3.98. The number of rotatable bonds is 0. The van der Waals surface area contributed by atoms with Crippen molar-refractivity contribution in [2.24, 2.45) is 0 Å². The molecule has 0 aliphatic carbocycles. The SMILES string of the molecule is Cc1cnc(C)c2c1CCN2. The highest BCUT2D eigenvalue weighted by molar-refractivity contribution is 5.60. The summed E-state index contributed by atoms with van der Waals surface area (Å²) in [4.78, 5) is 4.29. The maximum atomic E-state index is 4.29. The number of aromatic nitrogens is 1. The molecule has 1 aromatic rings. The van der Waals surface area contributed by atoms with Gasteiger partial charge in [0.25, 0.3) is 0 Å². The highest BCUT2D eigenvalue weighted by atomic mass is 14.9. The number of nitrogens with zero attached hydrogens (tertiary/aromatic N) is 1. The Kier molecular flexibility index (Phi) is 1.34. The van der Waals surface area contributed by atoms with Gasteiger partial charge in [0.1, 0.15) is 0 Å². The number of nitrogens with one attached hydrogen (secondary N) is 1. The highest BCUT2D eigenvalue weighted by Crippen LogP contribution is 2.26. The Balaban J connectivity index is 2.64. The quantitative estimate of drug-likeness (QED) is 0.605. The van der Waals surface area contributed by atoms with E-state index in [1.54, 1.807) is 0 Å². The summed E-state index contributed by atoms with van der Waals surface area (Å²) in [6.07, 6.45) is 3.12. The van der Waals surface area contributed by atoms with Crippen LogP contribution in [0.2, 0.25) is 0 Å². The first-order valence-electron chi connectivity index (χ1n) is 3.98. The topological polar surface area (TPSA) is 24.9 Å². The molecule has 2 heterocycles. The van der Waals surface area contributed by atoms with Crippen LogP contribution in [-0.4, -0.2) is 11.5 Å². The van der Waals surface area contributed by atoms with Crippen molar-refractivity contribution in [2.45, 2.75) is 20.3 Å². The molecule has 0 amide bonds. The van der Waals surface area contributed by atoms with Crippen LogP contribution < -0.4 is 5.32 Å². The van der Waals surface area contributed by atoms with E-state index in [2.05, 4.69) is 24.1 Å². The molecule has 1 aliphatic heterocycles. The molecule has 0 atom stereocenters. The Bertz CT molecular complexity index is 263. The van der Waals surface area contributed by atoms with Crippen molar-refractivity contribution in [3.05, 3.63) is 23.0 Å². The van der Waals surface area contributed by atoms with Gasteiger partial charge < -0.3 is 5.32 Å². The molecule has 0 fully saturated rings. The van der Waals surface area contributed by atoms with E-state index in [1.165, 1.54) is 16.8 Å². The van der Waals surface area contributed by atoms with Gasteiger partial charge in [-0.3, -0.25) is 4.98 Å². The third-order valence-electron chi connectivity index (χ3n) is 2.27. The zero-order valence-corrected chi connectivity index (χ0v) is 6.94. The van der Waals surface area contributed by atoms with Crippen LogP contribution in [0.5, 0.6) is 0 Å². The molecule has 0 spiro atoms. The molecular weight excluding hydrogens is 136 g/mol. The Hall–Kier alpha value is -1.05. The minimum Gasteiger partial charge on any atom is -0.383 e. The van der Waals surface area contributed by atoms with Gasteiger partial charge in [-0.05, 0) is 31.4 Å². The summed E-state index contributed by atoms with van der Waals surface area (Å²) in [5.41, 5.74) is 5.17. The van der Waals surface area contributed by atoms with Gasteiger partial charge in [-0.2, -0.15) is 0 Å². The summed E-state index contributed by atoms with van der Waals surface area (Å²) in [6, 6.07) is 0. The van der Waals surface area contributed by atoms with Crippen molar-refractivity contribution < 1.29 is 0 Å². The molecule has 2 nitrogen and oxygen atoms in total. The molecular formula is C9H12N2. The summed E-state index contributed by atoms with van der Waals surface area (Å²) in [6.45, 7) is 5.25. The second-order valence-corrected chi connectivity index (χ2v) is 3.06. The predicted molar refractivity (Wildman–Crippen MR) is 45.9 cm³/mol. The number of pyridine rings is 1. The monoisotopic (exact) mass is 148 g/mol. The van der Waals surface area contributed by atoms with Crippen molar-refractivity contribution in [2.75, 3.05) is 11.9 Å². The summed E-state index contributed by atoms with van der Waals surface area (Å²) in [7, 11) is 0. The first kappa shape index (κ1) is 6.65. The van der Waals surface area contributed by atoms with Crippen LogP contribution in [0.15, 0.2) is 6.20 Å². The van der Waals surface area contributed by atoms with E-state index < -0.39 is 0 Å². The van der Waals surface area contributed by atoms with E-state index >= 15 is 0 Å². The fraction of sp³-hybridized carbons (Fsp3) is 0.444. The van der Waals surface area contributed by atoms with E-state index in [0.29, 0.717) is 0 Å². The van der Waals surface area contributed by atoms with Crippen LogP contribution in [0, 0.1) is 13.8 Å². The zero-order chi connectivity index (χ0) is 7.84. The molecule has 11 heavy (non-hydrogen) atoms. The Morgan fingerprint density at radius 1 is 1.45 bits per heavy atom. The standard InChI is InChI=1S/C9H12N2/c1-6-5-11-7(2)9-8(6)3-4-10-9/h5,10H,3-4H2,1-2H3. The third-order valence-corrected chi connectivity index (χ3v) is 2.27. The van der Waals surface area contributed by atoms with Crippen molar-refractivity contribution in [3.8, 4) is 0 Å². The fourth-order valence-electron chi connectivity index (χ4n) is 1.62. The zero-order valence-electron chi connectivity index (χ0n) is 6.94. The molecule has 1 aromatic heterocycles. The van der Waals surface area contributed by atoms with Crippen LogP contribution >= 0.6 is 0 Å². The molecule has 0 unspecified atom stereocenters. The van der Waals surface area contributed by atoms with Crippen LogP contribution in [0.4, 0.5) is 5.69 Å². The lowest BCUT2D eigenvalue weighted by molar-refractivity contribution is 1.08. The number of hydrogen-bond donors (Lipinski definition) is 1. The molecule has 0 saturated carbocycles. The number of aryl methyl sites for hydroxylation is 2. The summed E-state index contributed by atoms with van der Waals surface area (Å²) < 4.78 is 0. The van der Waals surface area contributed by atoms with Crippen LogP contribution in [0.3, 0.4) is 0 Å². The van der Waals surface area contributed by atoms with E-state index in [0.717, 1.165) is 18.7 Å². The number of anilines is 1. The lowest BCUT2D eigenvalue weighted by atomic mass is 10.1. The molecule has 0 radical (unpaired) electrons. The Labute approximate surface area is 66.7 Å². The van der Waals surface area contributed by atoms with E-state index in [1.807, 2.05) is 6.20 Å². The summed E-state index contributed by atoms with van der Waals surface area (Å²) in [5, 5.41) is 3.35. The Morgan fingerprint density at radius 3 is 3.00 bits per heavy atom. The van der Waals surface area contributed by atoms with Crippen LogP contribution in [-0.2, 0) is 6.42 Å². The second-order valence-electron chi connectivity index (χ2n) is 3.06. The van der Waals surface area contributed by atoms with Crippen molar-refractivity contribution in [3.63, 3.8) is 0 Å². The highest BCUT2D eigenvalue weighted by Gasteiger charge is 2.14. The largest absolute Gasteiger partial charge is 0.383 e. The van der Waals surface area contributed by atoms with Gasteiger partial charge >= 0.3 is 0 Å².